The number of piperidine rings is 1. The summed E-state index contributed by atoms with van der Waals surface area (Å²) in [5, 5.41) is 5.64. The van der Waals surface area contributed by atoms with Crippen LogP contribution in [0.1, 0.15) is 18.4 Å². The topological polar surface area (TPSA) is 78.5 Å². The normalized spacial score (nSPS) is 16.3. The van der Waals surface area contributed by atoms with Crippen LogP contribution in [0.3, 0.4) is 0 Å². The average Bonchev–Trinajstić information content (AvgIpc) is 2.68. The summed E-state index contributed by atoms with van der Waals surface area (Å²) in [4.78, 5) is 12.3. The fourth-order valence-corrected chi connectivity index (χ4v) is 4.69. The van der Waals surface area contributed by atoms with Crippen LogP contribution in [0.25, 0.3) is 0 Å². The number of benzene rings is 2. The minimum absolute atomic E-state index is 0.151. The zero-order chi connectivity index (χ0) is 21.9. The van der Waals surface area contributed by atoms with E-state index in [4.69, 9.17) is 11.6 Å². The first-order valence-corrected chi connectivity index (χ1v) is 10.9. The molecule has 1 aliphatic rings. The predicted molar refractivity (Wildman–Crippen MR) is 107 cm³/mol. The van der Waals surface area contributed by atoms with Crippen molar-refractivity contribution in [3.8, 4) is 0 Å². The van der Waals surface area contributed by atoms with Crippen molar-refractivity contribution in [2.75, 3.05) is 18.4 Å². The fourth-order valence-electron chi connectivity index (χ4n) is 3.09. The molecule has 6 nitrogen and oxygen atoms in total. The molecule has 162 valence electrons. The molecule has 2 aromatic rings. The minimum Gasteiger partial charge on any atom is -0.335 e. The van der Waals surface area contributed by atoms with Crippen LogP contribution in [0, 0.1) is 0 Å². The summed E-state index contributed by atoms with van der Waals surface area (Å²) in [7, 11) is -3.64. The maximum Gasteiger partial charge on any atom is 0.416 e. The van der Waals surface area contributed by atoms with Crippen molar-refractivity contribution < 1.29 is 26.4 Å². The number of sulfonamides is 1. The maximum absolute atomic E-state index is 12.7. The molecule has 30 heavy (non-hydrogen) atoms. The fraction of sp³-hybridized carbons (Fsp3) is 0.316. The number of halogens is 4. The Morgan fingerprint density at radius 1 is 1.00 bits per heavy atom. The molecule has 0 unspecified atom stereocenters. The molecular formula is C19H19ClF3N3O3S. The number of anilines is 1. The van der Waals surface area contributed by atoms with Crippen LogP contribution in [0.2, 0.25) is 5.02 Å². The first-order valence-electron chi connectivity index (χ1n) is 9.06. The van der Waals surface area contributed by atoms with E-state index in [-0.39, 0.29) is 29.7 Å². The summed E-state index contributed by atoms with van der Waals surface area (Å²) in [6.45, 7) is 0.465. The number of carbonyl (C=O) groups is 1. The van der Waals surface area contributed by atoms with Crippen molar-refractivity contribution in [1.29, 1.82) is 0 Å². The number of alkyl halides is 3. The molecule has 0 spiro atoms. The zero-order valence-corrected chi connectivity index (χ0v) is 17.2. The van der Waals surface area contributed by atoms with Crippen molar-refractivity contribution in [2.45, 2.75) is 30.0 Å². The van der Waals surface area contributed by atoms with Crippen LogP contribution < -0.4 is 10.6 Å². The average molecular weight is 462 g/mol. The Kier molecular flexibility index (Phi) is 6.59. The highest BCUT2D eigenvalue weighted by atomic mass is 35.5. The SMILES string of the molecule is O=C(Nc1ccc(C(F)(F)F)cc1)NC1CCN(S(=O)(=O)c2ccc(Cl)cc2)CC1. The molecular weight excluding hydrogens is 443 g/mol. The summed E-state index contributed by atoms with van der Waals surface area (Å²) < 4.78 is 64.4. The van der Waals surface area contributed by atoms with Crippen LogP contribution in [0.15, 0.2) is 53.4 Å². The Bertz CT molecular complexity index is 988. The lowest BCUT2D eigenvalue weighted by Crippen LogP contribution is -2.47. The Labute approximate surface area is 177 Å². The summed E-state index contributed by atoms with van der Waals surface area (Å²) >= 11 is 5.80. The molecule has 1 fully saturated rings. The standard InChI is InChI=1S/C19H19ClF3N3O3S/c20-14-3-7-17(8-4-14)30(28,29)26-11-9-16(10-12-26)25-18(27)24-15-5-1-13(2-6-15)19(21,22)23/h1-8,16H,9-12H2,(H2,24,25,27). The monoisotopic (exact) mass is 461 g/mol. The Balaban J connectivity index is 1.52. The molecule has 0 saturated carbocycles. The van der Waals surface area contributed by atoms with E-state index >= 15 is 0 Å². The third-order valence-corrected chi connectivity index (χ3v) is 6.88. The van der Waals surface area contributed by atoms with E-state index in [0.29, 0.717) is 17.9 Å². The van der Waals surface area contributed by atoms with Gasteiger partial charge in [-0.05, 0) is 61.4 Å². The smallest absolute Gasteiger partial charge is 0.335 e. The number of hydrogen-bond acceptors (Lipinski definition) is 3. The summed E-state index contributed by atoms with van der Waals surface area (Å²) in [5.74, 6) is 0. The Morgan fingerprint density at radius 3 is 2.10 bits per heavy atom. The van der Waals surface area contributed by atoms with Gasteiger partial charge < -0.3 is 10.6 Å². The Morgan fingerprint density at radius 2 is 1.57 bits per heavy atom. The molecule has 0 aromatic heterocycles. The second kappa shape index (κ2) is 8.83. The molecule has 2 N–H and O–H groups in total. The largest absolute Gasteiger partial charge is 0.416 e. The number of urea groups is 1. The van der Waals surface area contributed by atoms with E-state index < -0.39 is 27.8 Å². The van der Waals surface area contributed by atoms with Gasteiger partial charge in [0.1, 0.15) is 0 Å². The minimum atomic E-state index is -4.44. The van der Waals surface area contributed by atoms with Crippen LogP contribution in [0.5, 0.6) is 0 Å². The molecule has 1 aliphatic heterocycles. The molecule has 0 bridgehead atoms. The predicted octanol–water partition coefficient (Wildman–Crippen LogP) is 4.33. The number of hydrogen-bond donors (Lipinski definition) is 2. The summed E-state index contributed by atoms with van der Waals surface area (Å²) in [6.07, 6.45) is -3.62. The quantitative estimate of drug-likeness (QED) is 0.711. The van der Waals surface area contributed by atoms with E-state index in [1.165, 1.54) is 40.7 Å². The van der Waals surface area contributed by atoms with Gasteiger partial charge in [-0.15, -0.1) is 0 Å². The maximum atomic E-state index is 12.7. The molecule has 2 amide bonds. The van der Waals surface area contributed by atoms with E-state index in [1.807, 2.05) is 0 Å². The van der Waals surface area contributed by atoms with E-state index in [1.54, 1.807) is 0 Å². The second-order valence-corrected chi connectivity index (χ2v) is 9.18. The van der Waals surface area contributed by atoms with Crippen LogP contribution in [-0.2, 0) is 16.2 Å². The van der Waals surface area contributed by atoms with Crippen molar-refractivity contribution in [3.63, 3.8) is 0 Å². The van der Waals surface area contributed by atoms with Crippen LogP contribution in [-0.4, -0.2) is 37.9 Å². The highest BCUT2D eigenvalue weighted by molar-refractivity contribution is 7.89. The zero-order valence-electron chi connectivity index (χ0n) is 15.6. The van der Waals surface area contributed by atoms with Crippen LogP contribution in [0.4, 0.5) is 23.7 Å². The number of nitrogens with one attached hydrogen (secondary N) is 2. The van der Waals surface area contributed by atoms with Gasteiger partial charge in [-0.2, -0.15) is 17.5 Å². The molecule has 0 atom stereocenters. The van der Waals surface area contributed by atoms with Gasteiger partial charge in [0.05, 0.1) is 10.5 Å². The lowest BCUT2D eigenvalue weighted by Gasteiger charge is -2.31. The molecule has 3 rings (SSSR count). The summed E-state index contributed by atoms with van der Waals surface area (Å²) in [6, 6.07) is 9.20. The molecule has 0 radical (unpaired) electrons. The molecule has 1 heterocycles. The molecule has 11 heteroatoms. The van der Waals surface area contributed by atoms with Gasteiger partial charge in [-0.1, -0.05) is 11.6 Å². The number of rotatable bonds is 4. The number of amides is 2. The third-order valence-electron chi connectivity index (χ3n) is 4.71. The number of nitrogens with zero attached hydrogens (tertiary/aromatic N) is 1. The van der Waals surface area contributed by atoms with Crippen molar-refractivity contribution in [1.82, 2.24) is 9.62 Å². The Hall–Kier alpha value is -2.30. The van der Waals surface area contributed by atoms with E-state index in [2.05, 4.69) is 10.6 Å². The molecule has 1 saturated heterocycles. The molecule has 0 aliphatic carbocycles. The van der Waals surface area contributed by atoms with Gasteiger partial charge in [0.25, 0.3) is 0 Å². The lowest BCUT2D eigenvalue weighted by molar-refractivity contribution is -0.137. The molecule has 2 aromatic carbocycles. The van der Waals surface area contributed by atoms with Crippen LogP contribution >= 0.6 is 11.6 Å². The number of carbonyl (C=O) groups excluding carboxylic acids is 1. The second-order valence-electron chi connectivity index (χ2n) is 6.81. The van der Waals surface area contributed by atoms with Crippen molar-refractivity contribution in [2.24, 2.45) is 0 Å². The summed E-state index contributed by atoms with van der Waals surface area (Å²) in [5.41, 5.74) is -0.578. The van der Waals surface area contributed by atoms with Gasteiger partial charge >= 0.3 is 12.2 Å². The third kappa shape index (κ3) is 5.44. The van der Waals surface area contributed by atoms with Gasteiger partial charge in [0.15, 0.2) is 0 Å². The van der Waals surface area contributed by atoms with Gasteiger partial charge in [-0.25, -0.2) is 13.2 Å². The lowest BCUT2D eigenvalue weighted by atomic mass is 10.1. The van der Waals surface area contributed by atoms with Gasteiger partial charge in [0, 0.05) is 29.8 Å². The van der Waals surface area contributed by atoms with Gasteiger partial charge in [-0.3, -0.25) is 0 Å². The van der Waals surface area contributed by atoms with E-state index in [0.717, 1.165) is 12.1 Å². The van der Waals surface area contributed by atoms with Crippen molar-refractivity contribution in [3.05, 3.63) is 59.1 Å². The van der Waals surface area contributed by atoms with E-state index in [9.17, 15) is 26.4 Å². The first kappa shape index (κ1) is 22.4. The highest BCUT2D eigenvalue weighted by Gasteiger charge is 2.31. The van der Waals surface area contributed by atoms with Crippen molar-refractivity contribution >= 4 is 33.3 Å². The highest BCUT2D eigenvalue weighted by Crippen LogP contribution is 2.29. The van der Waals surface area contributed by atoms with Gasteiger partial charge in [0.2, 0.25) is 10.0 Å². The first-order chi connectivity index (χ1) is 14.1.